The van der Waals surface area contributed by atoms with Crippen molar-refractivity contribution in [2.75, 3.05) is 32.0 Å². The molecule has 1 aliphatic heterocycles. The SMILES string of the molecule is CN[C@H]1CN(C(=O)Nc2ccc(-n3ccccc3=O)cc2F)CC1CNC(=O)c1ccc(Cl)s1.O=CO. The molecule has 0 bridgehead atoms. The predicted molar refractivity (Wildman–Crippen MR) is 139 cm³/mol. The van der Waals surface area contributed by atoms with Crippen molar-refractivity contribution in [1.82, 2.24) is 20.1 Å². The molecule has 4 rings (SSSR count). The summed E-state index contributed by atoms with van der Waals surface area (Å²) < 4.78 is 16.5. The number of anilines is 1. The number of benzene rings is 1. The number of hydrogen-bond acceptors (Lipinski definition) is 6. The summed E-state index contributed by atoms with van der Waals surface area (Å²) in [5.41, 5.74) is 0.0968. The summed E-state index contributed by atoms with van der Waals surface area (Å²) in [7, 11) is 1.80. The van der Waals surface area contributed by atoms with Gasteiger partial charge in [-0.05, 0) is 37.4 Å². The molecule has 1 fully saturated rings. The van der Waals surface area contributed by atoms with Crippen LogP contribution in [0.4, 0.5) is 14.9 Å². The molecule has 37 heavy (non-hydrogen) atoms. The topological polar surface area (TPSA) is 133 Å². The van der Waals surface area contributed by atoms with Gasteiger partial charge in [-0.3, -0.25) is 19.0 Å². The molecule has 1 unspecified atom stereocenters. The second kappa shape index (κ2) is 13.0. The van der Waals surface area contributed by atoms with Crippen LogP contribution in [0.3, 0.4) is 0 Å². The maximum Gasteiger partial charge on any atom is 0.321 e. The van der Waals surface area contributed by atoms with Crippen LogP contribution in [0.25, 0.3) is 5.69 Å². The Hall–Kier alpha value is -3.74. The number of aromatic nitrogens is 1. The van der Waals surface area contributed by atoms with Gasteiger partial charge in [0.05, 0.1) is 20.6 Å². The number of thiophene rings is 1. The molecule has 3 amide bonds. The number of nitrogens with zero attached hydrogens (tertiary/aromatic N) is 2. The molecular weight excluding hydrogens is 525 g/mol. The molecule has 13 heteroatoms. The molecule has 0 spiro atoms. The van der Waals surface area contributed by atoms with E-state index < -0.39 is 11.8 Å². The Kier molecular flexibility index (Phi) is 9.78. The number of urea groups is 1. The smallest absolute Gasteiger partial charge is 0.321 e. The zero-order valence-corrected chi connectivity index (χ0v) is 21.3. The van der Waals surface area contributed by atoms with Gasteiger partial charge in [0.15, 0.2) is 0 Å². The zero-order valence-electron chi connectivity index (χ0n) is 19.7. The molecule has 10 nitrogen and oxygen atoms in total. The van der Waals surface area contributed by atoms with E-state index in [1.54, 1.807) is 48.5 Å². The Morgan fingerprint density at radius 2 is 1.97 bits per heavy atom. The van der Waals surface area contributed by atoms with Crippen molar-refractivity contribution >= 4 is 47.0 Å². The number of carboxylic acid groups (broad SMARTS) is 1. The molecule has 0 radical (unpaired) electrons. The Labute approximate surface area is 220 Å². The Bertz CT molecular complexity index is 1320. The number of halogens is 2. The van der Waals surface area contributed by atoms with E-state index in [1.807, 2.05) is 0 Å². The fourth-order valence-corrected chi connectivity index (χ4v) is 4.87. The molecule has 2 aromatic heterocycles. The van der Waals surface area contributed by atoms with E-state index in [0.29, 0.717) is 34.5 Å². The van der Waals surface area contributed by atoms with Gasteiger partial charge in [0.1, 0.15) is 5.82 Å². The lowest BCUT2D eigenvalue weighted by Gasteiger charge is -2.18. The predicted octanol–water partition coefficient (Wildman–Crippen LogP) is 2.87. The van der Waals surface area contributed by atoms with Crippen LogP contribution in [-0.2, 0) is 4.79 Å². The minimum Gasteiger partial charge on any atom is -0.483 e. The first-order valence-electron chi connectivity index (χ1n) is 11.1. The fraction of sp³-hybridized carbons (Fsp3) is 0.250. The van der Waals surface area contributed by atoms with Gasteiger partial charge in [-0.15, -0.1) is 11.3 Å². The maximum atomic E-state index is 14.7. The largest absolute Gasteiger partial charge is 0.483 e. The third-order valence-corrected chi connectivity index (χ3v) is 6.95. The Morgan fingerprint density at radius 1 is 1.22 bits per heavy atom. The van der Waals surface area contributed by atoms with Crippen LogP contribution in [0, 0.1) is 11.7 Å². The van der Waals surface area contributed by atoms with Crippen molar-refractivity contribution < 1.29 is 23.9 Å². The maximum absolute atomic E-state index is 14.7. The van der Waals surface area contributed by atoms with Gasteiger partial charge in [-0.2, -0.15) is 0 Å². The number of amides is 3. The molecule has 2 atom stereocenters. The lowest BCUT2D eigenvalue weighted by atomic mass is 10.0. The van der Waals surface area contributed by atoms with Gasteiger partial charge in [0.25, 0.3) is 17.9 Å². The second-order valence-electron chi connectivity index (χ2n) is 7.98. The minimum atomic E-state index is -0.649. The van der Waals surface area contributed by atoms with E-state index in [4.69, 9.17) is 21.5 Å². The number of likely N-dealkylation sites (N-methyl/N-ethyl adjacent to an activating group) is 1. The number of likely N-dealkylation sites (tertiary alicyclic amines) is 1. The number of carbonyl (C=O) groups excluding carboxylic acids is 2. The third-order valence-electron chi connectivity index (χ3n) is 5.72. The first kappa shape index (κ1) is 27.8. The van der Waals surface area contributed by atoms with E-state index in [9.17, 15) is 18.8 Å². The highest BCUT2D eigenvalue weighted by atomic mass is 35.5. The number of nitrogens with one attached hydrogen (secondary N) is 3. The van der Waals surface area contributed by atoms with E-state index in [2.05, 4.69) is 16.0 Å². The van der Waals surface area contributed by atoms with Crippen LogP contribution in [0.2, 0.25) is 4.34 Å². The molecule has 0 saturated carbocycles. The Morgan fingerprint density at radius 3 is 2.59 bits per heavy atom. The summed E-state index contributed by atoms with van der Waals surface area (Å²) in [5.74, 6) is -0.883. The minimum absolute atomic E-state index is 0.0186. The van der Waals surface area contributed by atoms with Crippen LogP contribution >= 0.6 is 22.9 Å². The number of hydrogen-bond donors (Lipinski definition) is 4. The van der Waals surface area contributed by atoms with Crippen LogP contribution in [0.5, 0.6) is 0 Å². The molecule has 196 valence electrons. The highest BCUT2D eigenvalue weighted by molar-refractivity contribution is 7.18. The highest BCUT2D eigenvalue weighted by Gasteiger charge is 2.34. The molecular formula is C24H25ClFN5O5S. The molecule has 1 aromatic carbocycles. The molecule has 3 aromatic rings. The Balaban J connectivity index is 0.00000121. The van der Waals surface area contributed by atoms with Crippen molar-refractivity contribution in [3.63, 3.8) is 0 Å². The summed E-state index contributed by atoms with van der Waals surface area (Å²) in [6.45, 7) is 0.924. The molecule has 1 aliphatic rings. The lowest BCUT2D eigenvalue weighted by Crippen LogP contribution is -2.40. The first-order valence-corrected chi connectivity index (χ1v) is 12.3. The standard InChI is InChI=1S/C23H23ClFN5O3S.CH2O2/c1-26-18-13-29(12-14(18)11-27-22(32)19-7-8-20(24)34-19)23(33)28-17-6-5-15(10-16(17)25)30-9-3-2-4-21(30)31;2-1-3/h2-10,14,18,26H,11-13H2,1H3,(H,27,32)(H,28,33);1H,(H,2,3)/t14?,18-;/m0./s1. The summed E-state index contributed by atoms with van der Waals surface area (Å²) in [6, 6.07) is 11.7. The quantitative estimate of drug-likeness (QED) is 0.350. The molecule has 1 saturated heterocycles. The van der Waals surface area contributed by atoms with Crippen molar-refractivity contribution in [1.29, 1.82) is 0 Å². The lowest BCUT2D eigenvalue weighted by molar-refractivity contribution is -0.122. The average molecular weight is 550 g/mol. The van der Waals surface area contributed by atoms with Crippen molar-refractivity contribution in [3.05, 3.63) is 80.1 Å². The van der Waals surface area contributed by atoms with E-state index in [1.165, 1.54) is 34.1 Å². The normalized spacial score (nSPS) is 16.5. The van der Waals surface area contributed by atoms with Gasteiger partial charge in [0.2, 0.25) is 0 Å². The summed E-state index contributed by atoms with van der Waals surface area (Å²) in [6.07, 6.45) is 1.55. The van der Waals surface area contributed by atoms with Crippen LogP contribution in [-0.4, -0.2) is 65.7 Å². The first-order chi connectivity index (χ1) is 17.8. The number of carbonyl (C=O) groups is 3. The monoisotopic (exact) mass is 549 g/mol. The van der Waals surface area contributed by atoms with Crippen molar-refractivity contribution in [2.24, 2.45) is 5.92 Å². The van der Waals surface area contributed by atoms with E-state index in [-0.39, 0.29) is 35.6 Å². The van der Waals surface area contributed by atoms with Crippen molar-refractivity contribution in [3.8, 4) is 5.69 Å². The van der Waals surface area contributed by atoms with Crippen LogP contribution < -0.4 is 21.5 Å². The van der Waals surface area contributed by atoms with Crippen LogP contribution in [0.15, 0.2) is 59.5 Å². The number of rotatable bonds is 6. The van der Waals surface area contributed by atoms with E-state index >= 15 is 0 Å². The van der Waals surface area contributed by atoms with Gasteiger partial charge in [-0.25, -0.2) is 9.18 Å². The summed E-state index contributed by atoms with van der Waals surface area (Å²) >= 11 is 7.09. The van der Waals surface area contributed by atoms with Crippen molar-refractivity contribution in [2.45, 2.75) is 6.04 Å². The highest BCUT2D eigenvalue weighted by Crippen LogP contribution is 2.23. The molecule has 3 heterocycles. The van der Waals surface area contributed by atoms with Gasteiger partial charge in [-0.1, -0.05) is 17.7 Å². The average Bonchev–Trinajstić information content (AvgIpc) is 3.51. The van der Waals surface area contributed by atoms with Gasteiger partial charge >= 0.3 is 6.03 Å². The zero-order chi connectivity index (χ0) is 26.9. The van der Waals surface area contributed by atoms with Gasteiger partial charge in [0, 0.05) is 49.9 Å². The van der Waals surface area contributed by atoms with E-state index in [0.717, 1.165) is 0 Å². The second-order valence-corrected chi connectivity index (χ2v) is 9.70. The fourth-order valence-electron chi connectivity index (χ4n) is 3.91. The summed E-state index contributed by atoms with van der Waals surface area (Å²) in [5, 5.41) is 15.6. The molecule has 0 aliphatic carbocycles. The number of pyridine rings is 1. The van der Waals surface area contributed by atoms with Crippen LogP contribution in [0.1, 0.15) is 9.67 Å². The third kappa shape index (κ3) is 7.15. The molecule has 4 N–H and O–H groups in total. The summed E-state index contributed by atoms with van der Waals surface area (Å²) in [4.78, 5) is 47.6. The van der Waals surface area contributed by atoms with Gasteiger partial charge < -0.3 is 26.0 Å².